The summed E-state index contributed by atoms with van der Waals surface area (Å²) in [5, 5.41) is 0. The molecule has 0 spiro atoms. The summed E-state index contributed by atoms with van der Waals surface area (Å²) in [6.07, 6.45) is 5.68. The van der Waals surface area contributed by atoms with Gasteiger partial charge in [-0.2, -0.15) is 0 Å². The zero-order valence-corrected chi connectivity index (χ0v) is 14.4. The van der Waals surface area contributed by atoms with Gasteiger partial charge in [-0.15, -0.1) is 0 Å². The number of amides is 1. The molecule has 1 N–H and O–H groups in total. The molecule has 1 aromatic heterocycles. The summed E-state index contributed by atoms with van der Waals surface area (Å²) in [6, 6.07) is 13.1. The number of imidazole rings is 1. The van der Waals surface area contributed by atoms with Crippen molar-refractivity contribution in [3.05, 3.63) is 65.7 Å². The average molecular weight is 349 g/mol. The number of H-pyrrole nitrogens is 1. The molecule has 2 aromatic carbocycles. The van der Waals surface area contributed by atoms with Gasteiger partial charge in [0, 0.05) is 17.6 Å². The van der Waals surface area contributed by atoms with E-state index in [2.05, 4.69) is 14.9 Å². The zero-order chi connectivity index (χ0) is 17.7. The van der Waals surface area contributed by atoms with Crippen LogP contribution in [-0.2, 0) is 0 Å². The van der Waals surface area contributed by atoms with Crippen molar-refractivity contribution in [3.63, 3.8) is 0 Å². The number of halogens is 1. The summed E-state index contributed by atoms with van der Waals surface area (Å²) in [6.45, 7) is 0. The number of rotatable bonds is 2. The van der Waals surface area contributed by atoms with Gasteiger partial charge >= 0.3 is 0 Å². The first kappa shape index (κ1) is 15.6. The highest BCUT2D eigenvalue weighted by Crippen LogP contribution is 2.43. The van der Waals surface area contributed by atoms with Crippen LogP contribution < -0.4 is 0 Å². The minimum atomic E-state index is -0.196. The molecule has 4 nitrogen and oxygen atoms in total. The molecule has 2 bridgehead atoms. The molecular weight excluding hydrogens is 329 g/mol. The Hall–Kier alpha value is -2.69. The van der Waals surface area contributed by atoms with Gasteiger partial charge in [0.15, 0.2) is 0 Å². The number of aromatic amines is 1. The molecule has 2 fully saturated rings. The molecule has 1 amide bonds. The van der Waals surface area contributed by atoms with E-state index in [1.165, 1.54) is 17.7 Å². The Morgan fingerprint density at radius 1 is 1.08 bits per heavy atom. The highest BCUT2D eigenvalue weighted by Gasteiger charge is 2.43. The topological polar surface area (TPSA) is 49.0 Å². The first-order valence-corrected chi connectivity index (χ1v) is 9.20. The Kier molecular flexibility index (Phi) is 3.55. The largest absolute Gasteiger partial charge is 0.345 e. The van der Waals surface area contributed by atoms with E-state index >= 15 is 0 Å². The lowest BCUT2D eigenvalue weighted by atomic mass is 9.85. The fourth-order valence-electron chi connectivity index (χ4n) is 4.73. The molecule has 2 saturated heterocycles. The first-order chi connectivity index (χ1) is 12.7. The number of benzene rings is 2. The summed E-state index contributed by atoms with van der Waals surface area (Å²) >= 11 is 0. The van der Waals surface area contributed by atoms with E-state index in [0.29, 0.717) is 5.92 Å². The molecule has 2 atom stereocenters. The van der Waals surface area contributed by atoms with Gasteiger partial charge in [-0.05, 0) is 67.5 Å². The molecule has 0 saturated carbocycles. The smallest absolute Gasteiger partial charge is 0.254 e. The second-order valence-electron chi connectivity index (χ2n) is 7.45. The maximum atomic E-state index is 13.2. The maximum absolute atomic E-state index is 13.2. The van der Waals surface area contributed by atoms with Crippen molar-refractivity contribution >= 4 is 16.9 Å². The molecule has 0 radical (unpaired) electrons. The molecule has 2 aliphatic heterocycles. The molecule has 3 aromatic rings. The molecule has 0 unspecified atom stereocenters. The number of hydrogen-bond acceptors (Lipinski definition) is 2. The SMILES string of the molecule is O=C(c1ccc2nc[nH]c2c1)N1[C@@H]2CC[C@@H]1CC(c1ccc(F)cc1)C2. The van der Waals surface area contributed by atoms with E-state index in [-0.39, 0.29) is 23.8 Å². The Labute approximate surface area is 151 Å². The summed E-state index contributed by atoms with van der Waals surface area (Å²) < 4.78 is 13.2. The average Bonchev–Trinajstić information content (AvgIpc) is 3.23. The van der Waals surface area contributed by atoms with Crippen LogP contribution in [0.25, 0.3) is 11.0 Å². The Morgan fingerprint density at radius 2 is 1.81 bits per heavy atom. The van der Waals surface area contributed by atoms with Crippen LogP contribution in [0.3, 0.4) is 0 Å². The van der Waals surface area contributed by atoms with Crippen molar-refractivity contribution in [2.24, 2.45) is 0 Å². The van der Waals surface area contributed by atoms with Gasteiger partial charge in [0.1, 0.15) is 5.82 Å². The lowest BCUT2D eigenvalue weighted by molar-refractivity contribution is 0.0571. The number of fused-ring (bicyclic) bond motifs is 3. The van der Waals surface area contributed by atoms with Gasteiger partial charge in [0.2, 0.25) is 0 Å². The predicted octanol–water partition coefficient (Wildman–Crippen LogP) is 4.25. The van der Waals surface area contributed by atoms with Crippen LogP contribution in [-0.4, -0.2) is 32.9 Å². The minimum absolute atomic E-state index is 0.117. The van der Waals surface area contributed by atoms with Crippen LogP contribution in [0.2, 0.25) is 0 Å². The number of nitrogens with zero attached hydrogens (tertiary/aromatic N) is 2. The number of nitrogens with one attached hydrogen (secondary N) is 1. The van der Waals surface area contributed by atoms with Crippen LogP contribution in [0.1, 0.15) is 47.5 Å². The second-order valence-corrected chi connectivity index (χ2v) is 7.45. The first-order valence-electron chi connectivity index (χ1n) is 9.20. The summed E-state index contributed by atoms with van der Waals surface area (Å²) in [5.74, 6) is 0.331. The standard InChI is InChI=1S/C21H20FN3O/c22-16-4-1-13(2-5-16)15-9-17-6-7-18(10-15)25(17)21(26)14-3-8-19-20(11-14)24-12-23-19/h1-5,8,11-12,15,17-18H,6-7,9-10H2,(H,23,24)/t17-,18-/m1/s1. The van der Waals surface area contributed by atoms with E-state index in [0.717, 1.165) is 42.3 Å². The van der Waals surface area contributed by atoms with Crippen molar-refractivity contribution < 1.29 is 9.18 Å². The lowest BCUT2D eigenvalue weighted by Gasteiger charge is -2.39. The number of piperidine rings is 1. The van der Waals surface area contributed by atoms with E-state index in [4.69, 9.17) is 0 Å². The summed E-state index contributed by atoms with van der Waals surface area (Å²) in [5.41, 5.74) is 3.68. The number of aromatic nitrogens is 2. The third kappa shape index (κ3) is 2.50. The van der Waals surface area contributed by atoms with E-state index < -0.39 is 0 Å². The van der Waals surface area contributed by atoms with Gasteiger partial charge < -0.3 is 9.88 Å². The third-order valence-electron chi connectivity index (χ3n) is 5.98. The number of hydrogen-bond donors (Lipinski definition) is 1. The van der Waals surface area contributed by atoms with Gasteiger partial charge in [-0.25, -0.2) is 9.37 Å². The molecule has 5 rings (SSSR count). The normalized spacial score (nSPS) is 25.0. The summed E-state index contributed by atoms with van der Waals surface area (Å²) in [7, 11) is 0. The van der Waals surface area contributed by atoms with Gasteiger partial charge in [0.05, 0.1) is 17.4 Å². The Bertz CT molecular complexity index is 951. The van der Waals surface area contributed by atoms with Crippen molar-refractivity contribution in [1.29, 1.82) is 0 Å². The third-order valence-corrected chi connectivity index (χ3v) is 5.98. The molecule has 5 heteroatoms. The Morgan fingerprint density at radius 3 is 2.54 bits per heavy atom. The zero-order valence-electron chi connectivity index (χ0n) is 14.4. The fraction of sp³-hybridized carbons (Fsp3) is 0.333. The van der Waals surface area contributed by atoms with Crippen LogP contribution in [0.4, 0.5) is 4.39 Å². The number of carbonyl (C=O) groups is 1. The van der Waals surface area contributed by atoms with Gasteiger partial charge in [-0.1, -0.05) is 12.1 Å². The van der Waals surface area contributed by atoms with Crippen molar-refractivity contribution in [1.82, 2.24) is 14.9 Å². The molecule has 3 heterocycles. The monoisotopic (exact) mass is 349 g/mol. The predicted molar refractivity (Wildman–Crippen MR) is 97.4 cm³/mol. The van der Waals surface area contributed by atoms with E-state index in [1.54, 1.807) is 6.33 Å². The second kappa shape index (κ2) is 5.94. The van der Waals surface area contributed by atoms with Crippen molar-refractivity contribution in [3.8, 4) is 0 Å². The number of carbonyl (C=O) groups excluding carboxylic acids is 1. The molecule has 26 heavy (non-hydrogen) atoms. The Balaban J connectivity index is 1.39. The molecule has 132 valence electrons. The van der Waals surface area contributed by atoms with Crippen LogP contribution >= 0.6 is 0 Å². The molecule has 0 aliphatic carbocycles. The van der Waals surface area contributed by atoms with Crippen molar-refractivity contribution in [2.45, 2.75) is 43.7 Å². The van der Waals surface area contributed by atoms with E-state index in [1.807, 2.05) is 30.3 Å². The fourth-order valence-corrected chi connectivity index (χ4v) is 4.73. The highest BCUT2D eigenvalue weighted by atomic mass is 19.1. The maximum Gasteiger partial charge on any atom is 0.254 e. The van der Waals surface area contributed by atoms with E-state index in [9.17, 15) is 9.18 Å². The quantitative estimate of drug-likeness (QED) is 0.752. The highest BCUT2D eigenvalue weighted by molar-refractivity contribution is 5.97. The van der Waals surface area contributed by atoms with Crippen LogP contribution in [0.5, 0.6) is 0 Å². The van der Waals surface area contributed by atoms with Gasteiger partial charge in [-0.3, -0.25) is 4.79 Å². The summed E-state index contributed by atoms with van der Waals surface area (Å²) in [4.78, 5) is 22.5. The molecule has 2 aliphatic rings. The lowest BCUT2D eigenvalue weighted by Crippen LogP contribution is -2.46. The van der Waals surface area contributed by atoms with Gasteiger partial charge in [0.25, 0.3) is 5.91 Å². The van der Waals surface area contributed by atoms with Crippen LogP contribution in [0, 0.1) is 5.82 Å². The van der Waals surface area contributed by atoms with Crippen LogP contribution in [0.15, 0.2) is 48.8 Å². The van der Waals surface area contributed by atoms with Crippen molar-refractivity contribution in [2.75, 3.05) is 0 Å². The molecular formula is C21H20FN3O. The minimum Gasteiger partial charge on any atom is -0.345 e.